The third-order valence-electron chi connectivity index (χ3n) is 3.55. The van der Waals surface area contributed by atoms with Gasteiger partial charge in [-0.3, -0.25) is 20.2 Å². The number of nitriles is 1. The van der Waals surface area contributed by atoms with Crippen molar-refractivity contribution in [1.29, 1.82) is 5.26 Å². The molecule has 1 aromatic rings. The molecule has 1 aliphatic heterocycles. The smallest absolute Gasteiger partial charge is 0.264 e. The van der Waals surface area contributed by atoms with Crippen molar-refractivity contribution >= 4 is 5.71 Å². The molecule has 2 atom stereocenters. The highest BCUT2D eigenvalue weighted by Gasteiger charge is 2.47. The van der Waals surface area contributed by atoms with Gasteiger partial charge in [-0.25, -0.2) is 4.99 Å². The van der Waals surface area contributed by atoms with Crippen molar-refractivity contribution in [3.8, 4) is 6.07 Å². The van der Waals surface area contributed by atoms with Crippen molar-refractivity contribution < 1.29 is 9.85 Å². The fraction of sp³-hybridized carbons (Fsp3) is 0.286. The van der Waals surface area contributed by atoms with Crippen LogP contribution >= 0.6 is 0 Å². The number of hydrogen-bond donors (Lipinski definition) is 0. The van der Waals surface area contributed by atoms with E-state index in [4.69, 9.17) is 5.26 Å². The van der Waals surface area contributed by atoms with Gasteiger partial charge in [0.25, 0.3) is 11.7 Å². The summed E-state index contributed by atoms with van der Waals surface area (Å²) in [5.74, 6) is -1.07. The lowest BCUT2D eigenvalue weighted by atomic mass is 9.83. The molecule has 0 amide bonds. The zero-order valence-corrected chi connectivity index (χ0v) is 11.9. The highest BCUT2D eigenvalue weighted by atomic mass is 16.6. The Labute approximate surface area is 125 Å². The van der Waals surface area contributed by atoms with Crippen LogP contribution in [0.25, 0.3) is 0 Å². The third kappa shape index (κ3) is 2.56. The molecular weight excluding hydrogens is 288 g/mol. The van der Waals surface area contributed by atoms with Crippen LogP contribution in [0.5, 0.6) is 0 Å². The van der Waals surface area contributed by atoms with E-state index in [2.05, 4.69) is 4.99 Å². The first-order valence-corrected chi connectivity index (χ1v) is 6.40. The average molecular weight is 300 g/mol. The number of allylic oxidation sites excluding steroid dienone is 1. The maximum atomic E-state index is 11.4. The van der Waals surface area contributed by atoms with E-state index in [-0.39, 0.29) is 17.1 Å². The Hall–Kier alpha value is -3.08. The van der Waals surface area contributed by atoms with Gasteiger partial charge in [-0.2, -0.15) is 5.26 Å². The summed E-state index contributed by atoms with van der Waals surface area (Å²) in [6.45, 7) is 2.94. The first-order valence-electron chi connectivity index (χ1n) is 6.40. The summed E-state index contributed by atoms with van der Waals surface area (Å²) >= 11 is 0. The molecule has 112 valence electrons. The summed E-state index contributed by atoms with van der Waals surface area (Å²) < 4.78 is 0. The molecule has 0 aromatic heterocycles. The average Bonchev–Trinajstić information content (AvgIpc) is 2.45. The minimum atomic E-state index is -1.32. The SMILES string of the molecule is CC1=NC(C)=C([N+](=O)[O-])C(c2cccc(C#N)c2)C1[N+](=O)[O-]. The van der Waals surface area contributed by atoms with Crippen molar-refractivity contribution in [2.24, 2.45) is 4.99 Å². The molecule has 8 nitrogen and oxygen atoms in total. The predicted molar refractivity (Wildman–Crippen MR) is 77.5 cm³/mol. The van der Waals surface area contributed by atoms with Crippen LogP contribution in [0, 0.1) is 31.6 Å². The normalized spacial score (nSPS) is 21.0. The van der Waals surface area contributed by atoms with Gasteiger partial charge in [-0.05, 0) is 31.5 Å². The van der Waals surface area contributed by atoms with Crippen molar-refractivity contribution in [2.45, 2.75) is 25.8 Å². The quantitative estimate of drug-likeness (QED) is 0.625. The van der Waals surface area contributed by atoms with Crippen LogP contribution in [-0.4, -0.2) is 21.6 Å². The largest absolute Gasteiger partial charge is 0.281 e. The van der Waals surface area contributed by atoms with E-state index in [1.807, 2.05) is 6.07 Å². The first-order chi connectivity index (χ1) is 10.4. The molecular formula is C14H12N4O4. The lowest BCUT2D eigenvalue weighted by Crippen LogP contribution is -2.39. The van der Waals surface area contributed by atoms with E-state index < -0.39 is 21.8 Å². The molecule has 0 aliphatic carbocycles. The van der Waals surface area contributed by atoms with Crippen LogP contribution in [0.15, 0.2) is 40.7 Å². The fourth-order valence-electron chi connectivity index (χ4n) is 2.67. The van der Waals surface area contributed by atoms with Crippen LogP contribution in [0.4, 0.5) is 0 Å². The number of nitrogens with zero attached hydrogens (tertiary/aromatic N) is 4. The number of nitro groups is 2. The van der Waals surface area contributed by atoms with Gasteiger partial charge in [0.15, 0.2) is 0 Å². The van der Waals surface area contributed by atoms with Gasteiger partial charge < -0.3 is 0 Å². The highest BCUT2D eigenvalue weighted by molar-refractivity contribution is 5.89. The molecule has 0 saturated heterocycles. The van der Waals surface area contributed by atoms with Crippen molar-refractivity contribution in [2.75, 3.05) is 0 Å². The van der Waals surface area contributed by atoms with Crippen LogP contribution in [0.2, 0.25) is 0 Å². The Morgan fingerprint density at radius 1 is 1.27 bits per heavy atom. The van der Waals surface area contributed by atoms with E-state index >= 15 is 0 Å². The van der Waals surface area contributed by atoms with E-state index in [1.165, 1.54) is 26.0 Å². The lowest BCUT2D eigenvalue weighted by molar-refractivity contribution is -0.516. The number of benzene rings is 1. The first kappa shape index (κ1) is 15.3. The van der Waals surface area contributed by atoms with E-state index in [9.17, 15) is 20.2 Å². The second kappa shape index (κ2) is 5.73. The summed E-state index contributed by atoms with van der Waals surface area (Å²) in [6.07, 6.45) is 0. The van der Waals surface area contributed by atoms with Crippen LogP contribution in [0.3, 0.4) is 0 Å². The fourth-order valence-corrected chi connectivity index (χ4v) is 2.67. The second-order valence-corrected chi connectivity index (χ2v) is 4.93. The molecule has 0 bridgehead atoms. The number of rotatable bonds is 3. The van der Waals surface area contributed by atoms with Crippen LogP contribution in [-0.2, 0) is 0 Å². The second-order valence-electron chi connectivity index (χ2n) is 4.93. The molecule has 2 rings (SSSR count). The molecule has 22 heavy (non-hydrogen) atoms. The summed E-state index contributed by atoms with van der Waals surface area (Å²) in [7, 11) is 0. The Kier molecular flexibility index (Phi) is 3.99. The predicted octanol–water partition coefficient (Wildman–Crippen LogP) is 2.27. The molecule has 2 unspecified atom stereocenters. The molecule has 0 radical (unpaired) electrons. The minimum absolute atomic E-state index is 0.146. The Bertz CT molecular complexity index is 760. The zero-order chi connectivity index (χ0) is 16.4. The summed E-state index contributed by atoms with van der Waals surface area (Å²) in [6, 6.07) is 6.70. The summed E-state index contributed by atoms with van der Waals surface area (Å²) in [4.78, 5) is 25.5. The molecule has 0 saturated carbocycles. The van der Waals surface area contributed by atoms with Gasteiger partial charge >= 0.3 is 0 Å². The maximum Gasteiger partial charge on any atom is 0.281 e. The number of aliphatic imine (C=N–C) groups is 1. The molecule has 0 N–H and O–H groups in total. The lowest BCUT2D eigenvalue weighted by Gasteiger charge is -2.23. The van der Waals surface area contributed by atoms with Crippen molar-refractivity contribution in [1.82, 2.24) is 0 Å². The topological polar surface area (TPSA) is 122 Å². The maximum absolute atomic E-state index is 11.4. The molecule has 8 heteroatoms. The number of hydrogen-bond acceptors (Lipinski definition) is 6. The Morgan fingerprint density at radius 2 is 1.95 bits per heavy atom. The molecule has 1 aliphatic rings. The Balaban J connectivity index is 2.70. The van der Waals surface area contributed by atoms with Crippen LogP contribution in [0.1, 0.15) is 30.9 Å². The standard InChI is InChI=1S/C14H12N4O4/c1-8-13(17(19)20)12(14(18(21)22)9(2)16-8)11-5-3-4-10(6-11)7-15/h3-6,12-13H,1-2H3. The van der Waals surface area contributed by atoms with Crippen molar-refractivity contribution in [3.63, 3.8) is 0 Å². The third-order valence-corrected chi connectivity index (χ3v) is 3.55. The van der Waals surface area contributed by atoms with Crippen LogP contribution < -0.4 is 0 Å². The molecule has 1 heterocycles. The Morgan fingerprint density at radius 3 is 2.50 bits per heavy atom. The molecule has 1 aromatic carbocycles. The van der Waals surface area contributed by atoms with Gasteiger partial charge in [0.05, 0.1) is 22.3 Å². The van der Waals surface area contributed by atoms with Crippen molar-refractivity contribution in [3.05, 3.63) is 67.0 Å². The van der Waals surface area contributed by atoms with Gasteiger partial charge in [-0.1, -0.05) is 12.1 Å². The van der Waals surface area contributed by atoms with E-state index in [1.54, 1.807) is 12.1 Å². The van der Waals surface area contributed by atoms with E-state index in [0.29, 0.717) is 11.1 Å². The highest BCUT2D eigenvalue weighted by Crippen LogP contribution is 2.36. The molecule has 0 fully saturated rings. The summed E-state index contributed by atoms with van der Waals surface area (Å²) in [5, 5.41) is 31.7. The van der Waals surface area contributed by atoms with E-state index in [0.717, 1.165) is 0 Å². The molecule has 0 spiro atoms. The zero-order valence-electron chi connectivity index (χ0n) is 11.9. The van der Waals surface area contributed by atoms with Gasteiger partial charge in [0.2, 0.25) is 0 Å². The monoisotopic (exact) mass is 300 g/mol. The van der Waals surface area contributed by atoms with Gasteiger partial charge in [-0.15, -0.1) is 0 Å². The summed E-state index contributed by atoms with van der Waals surface area (Å²) in [5.41, 5.74) is 0.706. The van der Waals surface area contributed by atoms with Gasteiger partial charge in [0.1, 0.15) is 11.6 Å². The van der Waals surface area contributed by atoms with Gasteiger partial charge in [0, 0.05) is 4.92 Å². The minimum Gasteiger partial charge on any atom is -0.264 e.